The molecule has 2 rings (SSSR count). The number of rotatable bonds is 8. The van der Waals surface area contributed by atoms with Crippen molar-refractivity contribution in [3.8, 4) is 11.5 Å². The van der Waals surface area contributed by atoms with Crippen molar-refractivity contribution in [2.75, 3.05) is 13.2 Å². The quantitative estimate of drug-likeness (QED) is 0.774. The van der Waals surface area contributed by atoms with Crippen LogP contribution in [-0.2, 0) is 11.3 Å². The lowest BCUT2D eigenvalue weighted by Gasteiger charge is -2.12. The molecule has 0 unspecified atom stereocenters. The van der Waals surface area contributed by atoms with E-state index in [0.29, 0.717) is 30.2 Å². The van der Waals surface area contributed by atoms with Crippen LogP contribution >= 0.6 is 11.3 Å². The number of benzene rings is 1. The van der Waals surface area contributed by atoms with Gasteiger partial charge >= 0.3 is 5.97 Å². The molecule has 0 aliphatic rings. The number of hydrogen-bond donors (Lipinski definition) is 2. The number of carbonyl (C=O) groups excluding carboxylic acids is 1. The topological polar surface area (TPSA) is 84.9 Å². The molecular weight excluding hydrogens is 318 g/mol. The third-order valence-electron chi connectivity index (χ3n) is 2.86. The lowest BCUT2D eigenvalue weighted by Crippen LogP contribution is -2.22. The number of amides is 1. The number of thiophene rings is 1. The van der Waals surface area contributed by atoms with Gasteiger partial charge in [0.1, 0.15) is 0 Å². The molecule has 1 aromatic carbocycles. The molecule has 0 bridgehead atoms. The number of ether oxygens (including phenoxy) is 2. The van der Waals surface area contributed by atoms with E-state index in [0.717, 1.165) is 4.88 Å². The Kier molecular flexibility index (Phi) is 5.99. The second-order valence-corrected chi connectivity index (χ2v) is 5.57. The van der Waals surface area contributed by atoms with Gasteiger partial charge in [-0.05, 0) is 36.6 Å². The molecule has 0 saturated heterocycles. The van der Waals surface area contributed by atoms with Gasteiger partial charge in [-0.25, -0.2) is 4.79 Å². The van der Waals surface area contributed by atoms with Gasteiger partial charge in [0.25, 0.3) is 5.91 Å². The van der Waals surface area contributed by atoms with Crippen LogP contribution in [0.5, 0.6) is 11.5 Å². The van der Waals surface area contributed by atoms with Crippen molar-refractivity contribution in [1.82, 2.24) is 5.32 Å². The number of carboxylic acid groups (broad SMARTS) is 1. The minimum Gasteiger partial charge on any atom is -0.490 e. The van der Waals surface area contributed by atoms with Gasteiger partial charge in [0.2, 0.25) is 0 Å². The van der Waals surface area contributed by atoms with E-state index in [9.17, 15) is 9.59 Å². The van der Waals surface area contributed by atoms with E-state index in [2.05, 4.69) is 5.32 Å². The maximum absolute atomic E-state index is 12.2. The highest BCUT2D eigenvalue weighted by Gasteiger charge is 2.12. The largest absolute Gasteiger partial charge is 0.490 e. The van der Waals surface area contributed by atoms with Crippen molar-refractivity contribution in [2.24, 2.45) is 0 Å². The minimum absolute atomic E-state index is 0.232. The van der Waals surface area contributed by atoms with Crippen LogP contribution in [0.2, 0.25) is 0 Å². The summed E-state index contributed by atoms with van der Waals surface area (Å²) in [7, 11) is 0. The van der Waals surface area contributed by atoms with Gasteiger partial charge in [0.05, 0.1) is 13.2 Å². The predicted octanol–water partition coefficient (Wildman–Crippen LogP) is 2.54. The van der Waals surface area contributed by atoms with Gasteiger partial charge in [0, 0.05) is 10.4 Å². The first kappa shape index (κ1) is 16.8. The van der Waals surface area contributed by atoms with Gasteiger partial charge < -0.3 is 19.9 Å². The molecular formula is C16H17NO5S. The summed E-state index contributed by atoms with van der Waals surface area (Å²) in [4.78, 5) is 23.8. The number of carboxylic acids is 1. The number of hydrogen-bond acceptors (Lipinski definition) is 5. The van der Waals surface area contributed by atoms with Crippen molar-refractivity contribution in [3.63, 3.8) is 0 Å². The summed E-state index contributed by atoms with van der Waals surface area (Å²) in [5, 5.41) is 13.4. The molecule has 6 nitrogen and oxygen atoms in total. The highest BCUT2D eigenvalue weighted by molar-refractivity contribution is 7.09. The standard InChI is InChI=1S/C16H17NO5S/c1-2-21-14-8-11(5-6-13(14)22-10-15(18)19)16(20)17-9-12-4-3-7-23-12/h3-8H,2,9-10H2,1H3,(H,17,20)(H,18,19). The summed E-state index contributed by atoms with van der Waals surface area (Å²) in [6.07, 6.45) is 0. The Morgan fingerprint density at radius 2 is 2.04 bits per heavy atom. The summed E-state index contributed by atoms with van der Waals surface area (Å²) < 4.78 is 10.6. The predicted molar refractivity (Wildman–Crippen MR) is 86.2 cm³/mol. The molecule has 0 radical (unpaired) electrons. The summed E-state index contributed by atoms with van der Waals surface area (Å²) in [5.74, 6) is -0.670. The van der Waals surface area contributed by atoms with E-state index in [4.69, 9.17) is 14.6 Å². The van der Waals surface area contributed by atoms with Crippen LogP contribution in [0.1, 0.15) is 22.2 Å². The Morgan fingerprint density at radius 3 is 2.70 bits per heavy atom. The molecule has 0 fully saturated rings. The van der Waals surface area contributed by atoms with Gasteiger partial charge in [-0.3, -0.25) is 4.79 Å². The second kappa shape index (κ2) is 8.19. The third-order valence-corrected chi connectivity index (χ3v) is 3.74. The molecule has 1 amide bonds. The number of nitrogens with one attached hydrogen (secondary N) is 1. The third kappa shape index (κ3) is 5.00. The SMILES string of the molecule is CCOc1cc(C(=O)NCc2cccs2)ccc1OCC(=O)O. The zero-order valence-electron chi connectivity index (χ0n) is 12.6. The Morgan fingerprint density at radius 1 is 1.22 bits per heavy atom. The summed E-state index contributed by atoms with van der Waals surface area (Å²) >= 11 is 1.57. The van der Waals surface area contributed by atoms with Crippen LogP contribution in [0.4, 0.5) is 0 Å². The molecule has 2 N–H and O–H groups in total. The summed E-state index contributed by atoms with van der Waals surface area (Å²) in [6.45, 7) is 2.16. The summed E-state index contributed by atoms with van der Waals surface area (Å²) in [5.41, 5.74) is 0.424. The molecule has 0 atom stereocenters. The van der Waals surface area contributed by atoms with Gasteiger partial charge in [-0.15, -0.1) is 11.3 Å². The highest BCUT2D eigenvalue weighted by Crippen LogP contribution is 2.28. The molecule has 7 heteroatoms. The molecule has 0 aliphatic carbocycles. The van der Waals surface area contributed by atoms with E-state index >= 15 is 0 Å². The molecule has 1 heterocycles. The Bertz CT molecular complexity index is 669. The maximum atomic E-state index is 12.2. The van der Waals surface area contributed by atoms with Gasteiger partial charge in [-0.1, -0.05) is 6.07 Å². The second-order valence-electron chi connectivity index (χ2n) is 4.54. The molecule has 0 aliphatic heterocycles. The summed E-state index contributed by atoms with van der Waals surface area (Å²) in [6, 6.07) is 8.52. The highest BCUT2D eigenvalue weighted by atomic mass is 32.1. The maximum Gasteiger partial charge on any atom is 0.341 e. The van der Waals surface area contributed by atoms with Crippen LogP contribution in [-0.4, -0.2) is 30.2 Å². The number of aliphatic carboxylic acids is 1. The normalized spacial score (nSPS) is 10.1. The van der Waals surface area contributed by atoms with Crippen LogP contribution in [0, 0.1) is 0 Å². The van der Waals surface area contributed by atoms with Gasteiger partial charge in [0.15, 0.2) is 18.1 Å². The smallest absolute Gasteiger partial charge is 0.341 e. The molecule has 0 saturated carbocycles. The zero-order chi connectivity index (χ0) is 16.7. The Hall–Kier alpha value is -2.54. The molecule has 2 aromatic rings. The van der Waals surface area contributed by atoms with Crippen molar-refractivity contribution in [2.45, 2.75) is 13.5 Å². The molecule has 122 valence electrons. The van der Waals surface area contributed by atoms with E-state index in [1.54, 1.807) is 30.4 Å². The minimum atomic E-state index is -1.08. The fourth-order valence-electron chi connectivity index (χ4n) is 1.86. The first-order valence-corrected chi connectivity index (χ1v) is 7.90. The fraction of sp³-hybridized carbons (Fsp3) is 0.250. The number of carbonyl (C=O) groups is 2. The van der Waals surface area contributed by atoms with E-state index in [1.807, 2.05) is 17.5 Å². The van der Waals surface area contributed by atoms with Crippen molar-refractivity contribution in [3.05, 3.63) is 46.2 Å². The lowest BCUT2D eigenvalue weighted by atomic mass is 10.2. The van der Waals surface area contributed by atoms with Crippen LogP contribution in [0.25, 0.3) is 0 Å². The molecule has 1 aromatic heterocycles. The van der Waals surface area contributed by atoms with E-state index in [-0.39, 0.29) is 5.91 Å². The van der Waals surface area contributed by atoms with E-state index in [1.165, 1.54) is 6.07 Å². The van der Waals surface area contributed by atoms with Crippen LogP contribution in [0.3, 0.4) is 0 Å². The first-order valence-electron chi connectivity index (χ1n) is 7.02. The van der Waals surface area contributed by atoms with E-state index < -0.39 is 12.6 Å². The monoisotopic (exact) mass is 335 g/mol. The average molecular weight is 335 g/mol. The fourth-order valence-corrected chi connectivity index (χ4v) is 2.50. The lowest BCUT2D eigenvalue weighted by molar-refractivity contribution is -0.139. The average Bonchev–Trinajstić information content (AvgIpc) is 3.05. The van der Waals surface area contributed by atoms with Gasteiger partial charge in [-0.2, -0.15) is 0 Å². The van der Waals surface area contributed by atoms with Crippen molar-refractivity contribution < 1.29 is 24.2 Å². The zero-order valence-corrected chi connectivity index (χ0v) is 13.4. The Balaban J connectivity index is 2.07. The van der Waals surface area contributed by atoms with Crippen molar-refractivity contribution in [1.29, 1.82) is 0 Å². The van der Waals surface area contributed by atoms with Crippen LogP contribution in [0.15, 0.2) is 35.7 Å². The van der Waals surface area contributed by atoms with Crippen molar-refractivity contribution >= 4 is 23.2 Å². The molecule has 23 heavy (non-hydrogen) atoms. The molecule has 0 spiro atoms. The Labute approximate surface area is 137 Å². The van der Waals surface area contributed by atoms with Crippen LogP contribution < -0.4 is 14.8 Å². The first-order chi connectivity index (χ1) is 11.1.